The number of sulfone groups is 1. The third kappa shape index (κ3) is 9.50. The van der Waals surface area contributed by atoms with Gasteiger partial charge in [-0.15, -0.1) is 24.0 Å². The fourth-order valence-electron chi connectivity index (χ4n) is 3.16. The summed E-state index contributed by atoms with van der Waals surface area (Å²) in [5.41, 5.74) is 1.05. The van der Waals surface area contributed by atoms with E-state index in [4.69, 9.17) is 0 Å². The maximum Gasteiger partial charge on any atom is 0.191 e. The molecular formula is C20H36IN5O2S. The van der Waals surface area contributed by atoms with Crippen LogP contribution in [0, 0.1) is 12.3 Å². The van der Waals surface area contributed by atoms with Gasteiger partial charge in [-0.05, 0) is 43.2 Å². The monoisotopic (exact) mass is 537 g/mol. The van der Waals surface area contributed by atoms with Crippen LogP contribution in [0.4, 0.5) is 5.82 Å². The fraction of sp³-hybridized carbons (Fsp3) is 0.700. The molecule has 0 amide bonds. The lowest BCUT2D eigenvalue weighted by atomic mass is 9.90. The van der Waals surface area contributed by atoms with Crippen molar-refractivity contribution in [2.24, 2.45) is 10.4 Å². The zero-order valence-electron chi connectivity index (χ0n) is 18.2. The lowest BCUT2D eigenvalue weighted by molar-refractivity contribution is 0.346. The predicted octanol–water partition coefficient (Wildman–Crippen LogP) is 2.60. The molecule has 2 N–H and O–H groups in total. The van der Waals surface area contributed by atoms with Crippen LogP contribution in [-0.4, -0.2) is 64.1 Å². The van der Waals surface area contributed by atoms with Gasteiger partial charge in [0.2, 0.25) is 0 Å². The number of nitrogens with one attached hydrogen (secondary N) is 2. The van der Waals surface area contributed by atoms with E-state index in [0.717, 1.165) is 37.7 Å². The number of hydrogen-bond acceptors (Lipinski definition) is 5. The summed E-state index contributed by atoms with van der Waals surface area (Å²) in [5, 5.41) is 6.87. The minimum absolute atomic E-state index is 0. The highest BCUT2D eigenvalue weighted by Gasteiger charge is 2.23. The zero-order chi connectivity index (χ0) is 20.8. The van der Waals surface area contributed by atoms with Crippen LogP contribution in [0.3, 0.4) is 0 Å². The molecule has 1 aliphatic heterocycles. The van der Waals surface area contributed by atoms with Crippen LogP contribution >= 0.6 is 24.0 Å². The second kappa shape index (κ2) is 11.3. The van der Waals surface area contributed by atoms with Crippen LogP contribution in [0.5, 0.6) is 0 Å². The average molecular weight is 538 g/mol. The Morgan fingerprint density at radius 1 is 1.31 bits per heavy atom. The van der Waals surface area contributed by atoms with Crippen molar-refractivity contribution in [2.75, 3.05) is 43.6 Å². The molecule has 0 spiro atoms. The van der Waals surface area contributed by atoms with E-state index < -0.39 is 9.84 Å². The highest BCUT2D eigenvalue weighted by molar-refractivity contribution is 14.0. The summed E-state index contributed by atoms with van der Waals surface area (Å²) in [6.07, 6.45) is 5.87. The van der Waals surface area contributed by atoms with Gasteiger partial charge in [-0.1, -0.05) is 19.9 Å². The number of aliphatic imine (C=N–C) groups is 1. The Balaban J connectivity index is 0.00000420. The van der Waals surface area contributed by atoms with E-state index in [9.17, 15) is 8.42 Å². The van der Waals surface area contributed by atoms with Gasteiger partial charge < -0.3 is 15.5 Å². The van der Waals surface area contributed by atoms with E-state index in [1.54, 1.807) is 7.05 Å². The Hall–Kier alpha value is -1.10. The number of rotatable bonds is 7. The first kappa shape index (κ1) is 25.9. The predicted molar refractivity (Wildman–Crippen MR) is 132 cm³/mol. The van der Waals surface area contributed by atoms with Crippen molar-refractivity contribution in [3.63, 3.8) is 0 Å². The van der Waals surface area contributed by atoms with Gasteiger partial charge in [0.15, 0.2) is 5.96 Å². The Labute approximate surface area is 193 Å². The fourth-order valence-corrected chi connectivity index (χ4v) is 4.08. The van der Waals surface area contributed by atoms with Gasteiger partial charge in [-0.3, -0.25) is 4.99 Å². The molecule has 7 nitrogen and oxygen atoms in total. The number of anilines is 1. The molecule has 1 saturated heterocycles. The molecule has 29 heavy (non-hydrogen) atoms. The molecule has 0 aromatic carbocycles. The Kier molecular flexibility index (Phi) is 10.1. The Morgan fingerprint density at radius 2 is 1.97 bits per heavy atom. The summed E-state index contributed by atoms with van der Waals surface area (Å²) in [5.74, 6) is 2.03. The number of halogens is 1. The van der Waals surface area contributed by atoms with Crippen LogP contribution in [-0.2, 0) is 9.84 Å². The first-order valence-corrected chi connectivity index (χ1v) is 12.0. The maximum absolute atomic E-state index is 11.4. The van der Waals surface area contributed by atoms with E-state index in [-0.39, 0.29) is 35.1 Å². The number of pyridine rings is 1. The smallest absolute Gasteiger partial charge is 0.191 e. The molecular weight excluding hydrogens is 501 g/mol. The van der Waals surface area contributed by atoms with Crippen LogP contribution in [0.25, 0.3) is 0 Å². The zero-order valence-corrected chi connectivity index (χ0v) is 21.4. The van der Waals surface area contributed by atoms with Crippen molar-refractivity contribution in [3.05, 3.63) is 23.9 Å². The van der Waals surface area contributed by atoms with Crippen molar-refractivity contribution in [3.8, 4) is 0 Å². The normalized spacial score (nSPS) is 16.3. The topological polar surface area (TPSA) is 86.7 Å². The summed E-state index contributed by atoms with van der Waals surface area (Å²) in [6, 6.07) is 4.55. The van der Waals surface area contributed by atoms with Crippen LogP contribution in [0.2, 0.25) is 0 Å². The molecule has 0 atom stereocenters. The summed E-state index contributed by atoms with van der Waals surface area (Å²) < 4.78 is 22.8. The molecule has 1 aliphatic rings. The van der Waals surface area contributed by atoms with Crippen LogP contribution < -0.4 is 15.5 Å². The van der Waals surface area contributed by atoms with Crippen LogP contribution in [0.15, 0.2) is 23.3 Å². The van der Waals surface area contributed by atoms with E-state index >= 15 is 0 Å². The molecule has 0 unspecified atom stereocenters. The first-order chi connectivity index (χ1) is 13.1. The molecule has 0 saturated carbocycles. The van der Waals surface area contributed by atoms with E-state index in [0.29, 0.717) is 19.0 Å². The van der Waals surface area contributed by atoms with Crippen LogP contribution in [0.1, 0.15) is 38.7 Å². The SMILES string of the molecule is CN=C(NCC(C)(C)CCS(C)(=O)=O)NC1CCN(c2ccc(C)cn2)CC1.I. The van der Waals surface area contributed by atoms with Crippen molar-refractivity contribution in [1.29, 1.82) is 0 Å². The van der Waals surface area contributed by atoms with Gasteiger partial charge in [0.05, 0.1) is 5.75 Å². The minimum Gasteiger partial charge on any atom is -0.356 e. The molecule has 2 heterocycles. The van der Waals surface area contributed by atoms with E-state index in [2.05, 4.69) is 51.5 Å². The van der Waals surface area contributed by atoms with Gasteiger partial charge >= 0.3 is 0 Å². The molecule has 1 fully saturated rings. The number of piperidine rings is 1. The number of nitrogens with zero attached hydrogens (tertiary/aromatic N) is 3. The second-order valence-corrected chi connectivity index (χ2v) is 10.8. The summed E-state index contributed by atoms with van der Waals surface area (Å²) in [6.45, 7) is 8.80. The molecule has 0 aliphatic carbocycles. The number of hydrogen-bond donors (Lipinski definition) is 2. The van der Waals surface area contributed by atoms with Crippen molar-refractivity contribution >= 4 is 45.6 Å². The molecule has 0 bridgehead atoms. The molecule has 166 valence electrons. The second-order valence-electron chi connectivity index (χ2n) is 8.57. The standard InChI is InChI=1S/C20H35N5O2S.HI/c1-16-6-7-18(22-14-16)25-11-8-17(9-12-25)24-19(21-4)23-15-20(2,3)10-13-28(5,26)27;/h6-7,14,17H,8-13,15H2,1-5H3,(H2,21,23,24);1H. The number of guanidine groups is 1. The number of aryl methyl sites for hydroxylation is 1. The van der Waals surface area contributed by atoms with Gasteiger partial charge in [0.25, 0.3) is 0 Å². The Bertz CT molecular complexity index is 758. The first-order valence-electron chi connectivity index (χ1n) is 9.90. The molecule has 0 radical (unpaired) electrons. The minimum atomic E-state index is -2.94. The highest BCUT2D eigenvalue weighted by atomic mass is 127. The molecule has 9 heteroatoms. The van der Waals surface area contributed by atoms with Crippen molar-refractivity contribution in [1.82, 2.24) is 15.6 Å². The summed E-state index contributed by atoms with van der Waals surface area (Å²) in [4.78, 5) is 11.2. The number of aromatic nitrogens is 1. The van der Waals surface area contributed by atoms with Crippen molar-refractivity contribution < 1.29 is 8.42 Å². The van der Waals surface area contributed by atoms with Crippen molar-refractivity contribution in [2.45, 2.75) is 46.1 Å². The molecule has 1 aromatic heterocycles. The third-order valence-corrected chi connectivity index (χ3v) is 6.11. The average Bonchev–Trinajstić information content (AvgIpc) is 2.64. The van der Waals surface area contributed by atoms with E-state index in [1.807, 2.05) is 13.1 Å². The van der Waals surface area contributed by atoms with Gasteiger partial charge in [0.1, 0.15) is 15.7 Å². The summed E-state index contributed by atoms with van der Waals surface area (Å²) >= 11 is 0. The molecule has 2 rings (SSSR count). The highest BCUT2D eigenvalue weighted by Crippen LogP contribution is 2.20. The van der Waals surface area contributed by atoms with Gasteiger partial charge in [-0.2, -0.15) is 0 Å². The van der Waals surface area contributed by atoms with Gasteiger partial charge in [0, 0.05) is 45.2 Å². The lowest BCUT2D eigenvalue weighted by Gasteiger charge is -2.34. The lowest BCUT2D eigenvalue weighted by Crippen LogP contribution is -2.50. The largest absolute Gasteiger partial charge is 0.356 e. The van der Waals surface area contributed by atoms with E-state index in [1.165, 1.54) is 11.8 Å². The maximum atomic E-state index is 11.4. The quantitative estimate of drug-likeness (QED) is 0.316. The molecule has 1 aromatic rings. The summed E-state index contributed by atoms with van der Waals surface area (Å²) in [7, 11) is -1.17. The third-order valence-electron chi connectivity index (χ3n) is 5.16. The Morgan fingerprint density at radius 3 is 2.48 bits per heavy atom. The van der Waals surface area contributed by atoms with Gasteiger partial charge in [-0.25, -0.2) is 13.4 Å².